The summed E-state index contributed by atoms with van der Waals surface area (Å²) in [6, 6.07) is 0. The van der Waals surface area contributed by atoms with Crippen molar-refractivity contribution in [2.75, 3.05) is 4.43 Å². The van der Waals surface area contributed by atoms with Crippen LogP contribution in [0.2, 0.25) is 0 Å². The minimum absolute atomic E-state index is 0.185. The molecule has 74 valence electrons. The van der Waals surface area contributed by atoms with E-state index in [-0.39, 0.29) is 4.43 Å². The lowest BCUT2D eigenvalue weighted by Gasteiger charge is -2.17. The Bertz CT molecular complexity index is 111. The summed E-state index contributed by atoms with van der Waals surface area (Å²) >= 11 is 1.81. The van der Waals surface area contributed by atoms with Crippen LogP contribution in [0.25, 0.3) is 0 Å². The highest BCUT2D eigenvalue weighted by Gasteiger charge is 2.37. The minimum Gasteiger partial charge on any atom is -0.171 e. The Labute approximate surface area is 85.1 Å². The third-order valence-electron chi connectivity index (χ3n) is 1.81. The lowest BCUT2D eigenvalue weighted by molar-refractivity contribution is -0.169. The molecular weight excluding hydrogens is 280 g/mol. The Balaban J connectivity index is 3.68. The van der Waals surface area contributed by atoms with E-state index in [1.54, 1.807) is 22.6 Å². The van der Waals surface area contributed by atoms with E-state index in [0.717, 1.165) is 12.8 Å². The first kappa shape index (κ1) is 12.5. The molecule has 0 nitrogen and oxygen atoms in total. The summed E-state index contributed by atoms with van der Waals surface area (Å²) in [5.74, 6) is -1.09. The van der Waals surface area contributed by atoms with E-state index in [0.29, 0.717) is 12.8 Å². The number of alkyl halides is 4. The fraction of sp³-hybridized carbons (Fsp3) is 1.00. The highest BCUT2D eigenvalue weighted by Crippen LogP contribution is 2.31. The van der Waals surface area contributed by atoms with Gasteiger partial charge in [-0.05, 0) is 6.42 Å². The van der Waals surface area contributed by atoms with Gasteiger partial charge >= 0.3 is 6.18 Å². The van der Waals surface area contributed by atoms with E-state index < -0.39 is 12.1 Å². The van der Waals surface area contributed by atoms with Crippen LogP contribution in [0, 0.1) is 5.92 Å². The predicted molar refractivity (Wildman–Crippen MR) is 52.6 cm³/mol. The molecule has 12 heavy (non-hydrogen) atoms. The summed E-state index contributed by atoms with van der Waals surface area (Å²) in [5, 5.41) is 0. The highest BCUT2D eigenvalue weighted by molar-refractivity contribution is 14.1. The Hall–Kier alpha value is 0.520. The van der Waals surface area contributed by atoms with Crippen LogP contribution in [0.3, 0.4) is 0 Å². The van der Waals surface area contributed by atoms with Crippen LogP contribution in [-0.4, -0.2) is 10.6 Å². The quantitative estimate of drug-likeness (QED) is 0.405. The highest BCUT2D eigenvalue weighted by atomic mass is 127. The second kappa shape index (κ2) is 6.05. The van der Waals surface area contributed by atoms with Gasteiger partial charge in [-0.15, -0.1) is 0 Å². The first-order valence-corrected chi connectivity index (χ1v) is 5.67. The van der Waals surface area contributed by atoms with Crippen LogP contribution >= 0.6 is 22.6 Å². The van der Waals surface area contributed by atoms with Gasteiger partial charge in [0.1, 0.15) is 0 Å². The SMILES string of the molecule is CCCCC[C@H](CI)C(F)(F)F. The van der Waals surface area contributed by atoms with Gasteiger partial charge in [0.05, 0.1) is 5.92 Å². The van der Waals surface area contributed by atoms with Gasteiger partial charge < -0.3 is 0 Å². The maximum absolute atomic E-state index is 12.1. The molecule has 0 aliphatic rings. The van der Waals surface area contributed by atoms with E-state index in [1.807, 2.05) is 6.92 Å². The molecule has 4 heteroatoms. The van der Waals surface area contributed by atoms with E-state index >= 15 is 0 Å². The Morgan fingerprint density at radius 1 is 1.25 bits per heavy atom. The van der Waals surface area contributed by atoms with E-state index in [9.17, 15) is 13.2 Å². The van der Waals surface area contributed by atoms with Crippen LogP contribution < -0.4 is 0 Å². The van der Waals surface area contributed by atoms with Gasteiger partial charge in [0.25, 0.3) is 0 Å². The summed E-state index contributed by atoms with van der Waals surface area (Å²) in [6.07, 6.45) is -1.12. The summed E-state index contributed by atoms with van der Waals surface area (Å²) in [6.45, 7) is 1.99. The molecule has 0 heterocycles. The number of hydrogen-bond acceptors (Lipinski definition) is 0. The normalized spacial score (nSPS) is 14.8. The van der Waals surface area contributed by atoms with Gasteiger partial charge in [-0.25, -0.2) is 0 Å². The number of unbranched alkanes of at least 4 members (excludes halogenated alkanes) is 2. The molecule has 0 saturated heterocycles. The third kappa shape index (κ3) is 5.22. The Kier molecular flexibility index (Phi) is 6.31. The molecule has 0 aromatic carbocycles. The number of rotatable bonds is 5. The van der Waals surface area contributed by atoms with Crippen molar-refractivity contribution in [3.05, 3.63) is 0 Å². The van der Waals surface area contributed by atoms with Gasteiger partial charge in [-0.2, -0.15) is 13.2 Å². The smallest absolute Gasteiger partial charge is 0.171 e. The monoisotopic (exact) mass is 294 g/mol. The van der Waals surface area contributed by atoms with Crippen LogP contribution in [0.5, 0.6) is 0 Å². The summed E-state index contributed by atoms with van der Waals surface area (Å²) in [7, 11) is 0. The molecule has 0 bridgehead atoms. The molecule has 0 unspecified atom stereocenters. The molecule has 0 fully saturated rings. The average molecular weight is 294 g/mol. The van der Waals surface area contributed by atoms with Crippen molar-refractivity contribution in [2.45, 2.75) is 38.8 Å². The maximum atomic E-state index is 12.1. The zero-order valence-corrected chi connectivity index (χ0v) is 9.28. The number of halogens is 4. The van der Waals surface area contributed by atoms with E-state index in [2.05, 4.69) is 0 Å². The van der Waals surface area contributed by atoms with E-state index in [1.165, 1.54) is 0 Å². The van der Waals surface area contributed by atoms with Crippen molar-refractivity contribution >= 4 is 22.6 Å². The third-order valence-corrected chi connectivity index (χ3v) is 2.87. The predicted octanol–water partition coefficient (Wildman–Crippen LogP) is 4.18. The average Bonchev–Trinajstić information content (AvgIpc) is 1.95. The molecule has 0 rings (SSSR count). The molecule has 1 atom stereocenters. The Morgan fingerprint density at radius 3 is 2.17 bits per heavy atom. The lowest BCUT2D eigenvalue weighted by Crippen LogP contribution is -2.24. The fourth-order valence-corrected chi connectivity index (χ4v) is 1.91. The fourth-order valence-electron chi connectivity index (χ4n) is 0.969. The molecule has 0 amide bonds. The van der Waals surface area contributed by atoms with Crippen molar-refractivity contribution < 1.29 is 13.2 Å². The van der Waals surface area contributed by atoms with Crippen molar-refractivity contribution in [2.24, 2.45) is 5.92 Å². The second-order valence-electron chi connectivity index (χ2n) is 2.89. The largest absolute Gasteiger partial charge is 0.392 e. The minimum atomic E-state index is -3.99. The van der Waals surface area contributed by atoms with Crippen molar-refractivity contribution in [3.63, 3.8) is 0 Å². The van der Waals surface area contributed by atoms with Crippen molar-refractivity contribution in [1.82, 2.24) is 0 Å². The standard InChI is InChI=1S/C8H14F3I/c1-2-3-4-5-7(6-12)8(9,10)11/h7H,2-6H2,1H3/t7-/m1/s1. The first-order chi connectivity index (χ1) is 5.52. The van der Waals surface area contributed by atoms with Gasteiger partial charge in [0.15, 0.2) is 0 Å². The summed E-state index contributed by atoms with van der Waals surface area (Å²) < 4.78 is 36.6. The van der Waals surface area contributed by atoms with Crippen molar-refractivity contribution in [1.29, 1.82) is 0 Å². The molecule has 0 spiro atoms. The van der Waals surface area contributed by atoms with Crippen LogP contribution in [0.1, 0.15) is 32.6 Å². The van der Waals surface area contributed by atoms with Gasteiger partial charge in [-0.3, -0.25) is 0 Å². The molecule has 0 radical (unpaired) electrons. The van der Waals surface area contributed by atoms with Crippen LogP contribution in [-0.2, 0) is 0 Å². The van der Waals surface area contributed by atoms with Gasteiger partial charge in [0, 0.05) is 4.43 Å². The topological polar surface area (TPSA) is 0 Å². The molecule has 0 aromatic rings. The van der Waals surface area contributed by atoms with E-state index in [4.69, 9.17) is 0 Å². The molecule has 0 aliphatic heterocycles. The van der Waals surface area contributed by atoms with Crippen LogP contribution in [0.4, 0.5) is 13.2 Å². The molecule has 0 aromatic heterocycles. The lowest BCUT2D eigenvalue weighted by atomic mass is 10.0. The Morgan fingerprint density at radius 2 is 1.83 bits per heavy atom. The summed E-state index contributed by atoms with van der Waals surface area (Å²) in [5.41, 5.74) is 0. The zero-order valence-electron chi connectivity index (χ0n) is 7.12. The molecule has 0 saturated carbocycles. The van der Waals surface area contributed by atoms with Crippen molar-refractivity contribution in [3.8, 4) is 0 Å². The second-order valence-corrected chi connectivity index (χ2v) is 3.77. The van der Waals surface area contributed by atoms with Gasteiger partial charge in [0.2, 0.25) is 0 Å². The zero-order chi connectivity index (χ0) is 9.61. The molecular formula is C8H14F3I. The number of hydrogen-bond donors (Lipinski definition) is 0. The van der Waals surface area contributed by atoms with Crippen LogP contribution in [0.15, 0.2) is 0 Å². The molecule has 0 N–H and O–H groups in total. The maximum Gasteiger partial charge on any atom is 0.392 e. The first-order valence-electron chi connectivity index (χ1n) is 4.15. The summed E-state index contributed by atoms with van der Waals surface area (Å²) in [4.78, 5) is 0. The molecule has 0 aliphatic carbocycles. The van der Waals surface area contributed by atoms with Gasteiger partial charge in [-0.1, -0.05) is 48.8 Å².